The zero-order valence-corrected chi connectivity index (χ0v) is 14.0. The van der Waals surface area contributed by atoms with E-state index in [1.54, 1.807) is 0 Å². The van der Waals surface area contributed by atoms with Gasteiger partial charge in [0, 0.05) is 36.1 Å². The maximum absolute atomic E-state index is 6.20. The molecule has 0 aromatic carbocycles. The van der Waals surface area contributed by atoms with Crippen LogP contribution in [0.2, 0.25) is 0 Å². The monoisotopic (exact) mass is 295 g/mol. The van der Waals surface area contributed by atoms with E-state index in [-0.39, 0.29) is 5.54 Å². The third kappa shape index (κ3) is 3.61. The summed E-state index contributed by atoms with van der Waals surface area (Å²) in [6.07, 6.45) is 3.66. The highest BCUT2D eigenvalue weighted by Gasteiger charge is 2.35. The normalized spacial score (nSPS) is 25.3. The lowest BCUT2D eigenvalue weighted by Gasteiger charge is -2.41. The molecule has 4 heteroatoms. The van der Waals surface area contributed by atoms with Crippen molar-refractivity contribution in [3.05, 3.63) is 22.4 Å². The first-order chi connectivity index (χ1) is 9.57. The first-order valence-corrected chi connectivity index (χ1v) is 8.63. The molecule has 0 amide bonds. The highest BCUT2D eigenvalue weighted by atomic mass is 32.1. The van der Waals surface area contributed by atoms with Crippen molar-refractivity contribution in [3.63, 3.8) is 0 Å². The number of likely N-dealkylation sites (N-methyl/N-ethyl adjacent to an activating group) is 1. The lowest BCUT2D eigenvalue weighted by Crippen LogP contribution is -2.52. The van der Waals surface area contributed by atoms with E-state index in [2.05, 4.69) is 48.2 Å². The molecule has 2 rings (SSSR count). The third-order valence-corrected chi connectivity index (χ3v) is 5.71. The van der Waals surface area contributed by atoms with E-state index in [1.165, 1.54) is 37.2 Å². The Kier molecular flexibility index (Phi) is 5.61. The Labute approximate surface area is 127 Å². The first kappa shape index (κ1) is 16.0. The van der Waals surface area contributed by atoms with Gasteiger partial charge in [-0.1, -0.05) is 6.07 Å². The minimum Gasteiger partial charge on any atom is -0.329 e. The SMILES string of the molecule is CC(C)N1CCCC(CN)(N(C)Cc2cccs2)CC1. The topological polar surface area (TPSA) is 32.5 Å². The van der Waals surface area contributed by atoms with Crippen molar-refractivity contribution in [1.29, 1.82) is 0 Å². The maximum Gasteiger partial charge on any atom is 0.0345 e. The Balaban J connectivity index is 2.04. The van der Waals surface area contributed by atoms with Crippen LogP contribution >= 0.6 is 11.3 Å². The Morgan fingerprint density at radius 1 is 1.40 bits per heavy atom. The second kappa shape index (κ2) is 7.03. The van der Waals surface area contributed by atoms with Gasteiger partial charge in [-0.15, -0.1) is 11.3 Å². The molecule has 0 aliphatic carbocycles. The predicted molar refractivity (Wildman–Crippen MR) is 88.1 cm³/mol. The summed E-state index contributed by atoms with van der Waals surface area (Å²) in [6, 6.07) is 5.00. The first-order valence-electron chi connectivity index (χ1n) is 7.75. The van der Waals surface area contributed by atoms with Crippen molar-refractivity contribution in [2.24, 2.45) is 5.73 Å². The molecule has 20 heavy (non-hydrogen) atoms. The summed E-state index contributed by atoms with van der Waals surface area (Å²) in [5.41, 5.74) is 6.38. The fraction of sp³-hybridized carbons (Fsp3) is 0.750. The number of thiophene rings is 1. The molecule has 1 aliphatic rings. The van der Waals surface area contributed by atoms with Gasteiger partial charge in [0.15, 0.2) is 0 Å². The molecule has 0 bridgehead atoms. The van der Waals surface area contributed by atoms with E-state index in [0.717, 1.165) is 13.1 Å². The van der Waals surface area contributed by atoms with Gasteiger partial charge < -0.3 is 10.6 Å². The summed E-state index contributed by atoms with van der Waals surface area (Å²) >= 11 is 1.84. The van der Waals surface area contributed by atoms with Crippen molar-refractivity contribution >= 4 is 11.3 Å². The van der Waals surface area contributed by atoms with Crippen LogP contribution in [0.1, 0.15) is 38.0 Å². The van der Waals surface area contributed by atoms with Crippen molar-refractivity contribution in [2.75, 3.05) is 26.7 Å². The van der Waals surface area contributed by atoms with E-state index in [4.69, 9.17) is 5.73 Å². The Hall–Kier alpha value is -0.420. The minimum absolute atomic E-state index is 0.174. The Morgan fingerprint density at radius 3 is 2.80 bits per heavy atom. The number of likely N-dealkylation sites (tertiary alicyclic amines) is 1. The van der Waals surface area contributed by atoms with Crippen LogP contribution in [-0.2, 0) is 6.54 Å². The molecular weight excluding hydrogens is 266 g/mol. The third-order valence-electron chi connectivity index (χ3n) is 4.84. The average molecular weight is 295 g/mol. The van der Waals surface area contributed by atoms with Gasteiger partial charge in [-0.3, -0.25) is 4.90 Å². The van der Waals surface area contributed by atoms with Gasteiger partial charge in [0.25, 0.3) is 0 Å². The molecule has 1 aromatic heterocycles. The molecule has 1 aliphatic heterocycles. The molecule has 0 radical (unpaired) electrons. The van der Waals surface area contributed by atoms with Crippen LogP contribution in [0, 0.1) is 0 Å². The fourth-order valence-corrected chi connectivity index (χ4v) is 4.02. The Bertz CT molecular complexity index is 390. The lowest BCUT2D eigenvalue weighted by atomic mass is 9.88. The summed E-state index contributed by atoms with van der Waals surface area (Å²) in [5.74, 6) is 0. The number of nitrogens with zero attached hydrogens (tertiary/aromatic N) is 2. The van der Waals surface area contributed by atoms with Crippen LogP contribution in [0.4, 0.5) is 0 Å². The van der Waals surface area contributed by atoms with Crippen LogP contribution in [0.3, 0.4) is 0 Å². The average Bonchev–Trinajstić information content (AvgIpc) is 2.82. The molecule has 3 nitrogen and oxygen atoms in total. The van der Waals surface area contributed by atoms with Gasteiger partial charge in [0.2, 0.25) is 0 Å². The van der Waals surface area contributed by atoms with Gasteiger partial charge in [-0.2, -0.15) is 0 Å². The maximum atomic E-state index is 6.20. The smallest absolute Gasteiger partial charge is 0.0345 e. The summed E-state index contributed by atoms with van der Waals surface area (Å²) in [7, 11) is 2.25. The molecule has 2 N–H and O–H groups in total. The molecule has 1 saturated heterocycles. The van der Waals surface area contributed by atoms with Crippen molar-refractivity contribution < 1.29 is 0 Å². The molecular formula is C16H29N3S. The van der Waals surface area contributed by atoms with Gasteiger partial charge >= 0.3 is 0 Å². The molecule has 114 valence electrons. The second-order valence-corrected chi connectivity index (χ2v) is 7.38. The number of hydrogen-bond donors (Lipinski definition) is 1. The lowest BCUT2D eigenvalue weighted by molar-refractivity contribution is 0.0984. The van der Waals surface area contributed by atoms with E-state index in [0.29, 0.717) is 6.04 Å². The minimum atomic E-state index is 0.174. The largest absolute Gasteiger partial charge is 0.329 e. The number of nitrogens with two attached hydrogens (primary N) is 1. The van der Waals surface area contributed by atoms with E-state index in [1.807, 2.05) is 11.3 Å². The number of rotatable bonds is 5. The summed E-state index contributed by atoms with van der Waals surface area (Å²) in [5, 5.41) is 2.16. The van der Waals surface area contributed by atoms with Crippen LogP contribution in [0.25, 0.3) is 0 Å². The van der Waals surface area contributed by atoms with Crippen LogP contribution in [-0.4, -0.2) is 48.1 Å². The highest BCUT2D eigenvalue weighted by Crippen LogP contribution is 2.29. The number of hydrogen-bond acceptors (Lipinski definition) is 4. The molecule has 2 heterocycles. The van der Waals surface area contributed by atoms with Crippen molar-refractivity contribution in [1.82, 2.24) is 9.80 Å². The van der Waals surface area contributed by atoms with Gasteiger partial charge in [-0.05, 0) is 58.1 Å². The van der Waals surface area contributed by atoms with Crippen molar-refractivity contribution in [3.8, 4) is 0 Å². The second-order valence-electron chi connectivity index (χ2n) is 6.35. The van der Waals surface area contributed by atoms with E-state index in [9.17, 15) is 0 Å². The quantitative estimate of drug-likeness (QED) is 0.906. The molecule has 1 unspecified atom stereocenters. The standard InChI is InChI=1S/C16H29N3S/c1-14(2)19-9-5-7-16(13-17,8-10-19)18(3)12-15-6-4-11-20-15/h4,6,11,14H,5,7-10,12-13,17H2,1-3H3. The van der Waals surface area contributed by atoms with Crippen LogP contribution < -0.4 is 5.73 Å². The Morgan fingerprint density at radius 2 is 2.20 bits per heavy atom. The molecule has 1 atom stereocenters. The zero-order chi connectivity index (χ0) is 14.6. The van der Waals surface area contributed by atoms with Crippen LogP contribution in [0.15, 0.2) is 17.5 Å². The fourth-order valence-electron chi connectivity index (χ4n) is 3.26. The van der Waals surface area contributed by atoms with Gasteiger partial charge in [0.05, 0.1) is 0 Å². The van der Waals surface area contributed by atoms with Crippen molar-refractivity contribution in [2.45, 2.75) is 51.2 Å². The highest BCUT2D eigenvalue weighted by molar-refractivity contribution is 7.09. The summed E-state index contributed by atoms with van der Waals surface area (Å²) in [6.45, 7) is 8.77. The summed E-state index contributed by atoms with van der Waals surface area (Å²) < 4.78 is 0. The summed E-state index contributed by atoms with van der Waals surface area (Å²) in [4.78, 5) is 6.53. The molecule has 1 fully saturated rings. The molecule has 0 saturated carbocycles. The van der Waals surface area contributed by atoms with Gasteiger partial charge in [0.1, 0.15) is 0 Å². The van der Waals surface area contributed by atoms with E-state index < -0.39 is 0 Å². The van der Waals surface area contributed by atoms with Gasteiger partial charge in [-0.25, -0.2) is 0 Å². The molecule has 1 aromatic rings. The predicted octanol–water partition coefficient (Wildman–Crippen LogP) is 2.77. The van der Waals surface area contributed by atoms with E-state index >= 15 is 0 Å². The molecule has 0 spiro atoms. The van der Waals surface area contributed by atoms with Crippen LogP contribution in [0.5, 0.6) is 0 Å². The zero-order valence-electron chi connectivity index (χ0n) is 13.1.